The highest BCUT2D eigenvalue weighted by molar-refractivity contribution is 7.89. The van der Waals surface area contributed by atoms with Crippen molar-refractivity contribution in [2.24, 2.45) is 0 Å². The Balaban J connectivity index is 1.73. The Morgan fingerprint density at radius 3 is 2.26 bits per heavy atom. The zero-order chi connectivity index (χ0) is 19.3. The number of rotatable bonds is 5. The molecule has 0 aliphatic carbocycles. The molecule has 3 rings (SSSR count). The van der Waals surface area contributed by atoms with Gasteiger partial charge in [-0.2, -0.15) is 4.31 Å². The molecule has 0 N–H and O–H groups in total. The van der Waals surface area contributed by atoms with Crippen molar-refractivity contribution in [1.29, 1.82) is 0 Å². The third kappa shape index (κ3) is 4.93. The maximum Gasteiger partial charge on any atom is 0.243 e. The Hall–Kier alpha value is -2.24. The van der Waals surface area contributed by atoms with E-state index in [1.165, 1.54) is 18.2 Å². The summed E-state index contributed by atoms with van der Waals surface area (Å²) in [6, 6.07) is 14.1. The minimum absolute atomic E-state index is 0.143. The highest BCUT2D eigenvalue weighted by Gasteiger charge is 2.25. The first-order valence-corrected chi connectivity index (χ1v) is 10.8. The van der Waals surface area contributed by atoms with Crippen molar-refractivity contribution in [3.63, 3.8) is 0 Å². The molecule has 0 spiro atoms. The van der Waals surface area contributed by atoms with Gasteiger partial charge in [-0.1, -0.05) is 48.7 Å². The first-order chi connectivity index (χ1) is 13.0. The summed E-state index contributed by atoms with van der Waals surface area (Å²) < 4.78 is 27.1. The molecule has 4 nitrogen and oxygen atoms in total. The quantitative estimate of drug-likeness (QED) is 0.566. The Labute approximate surface area is 161 Å². The predicted octanol–water partition coefficient (Wildman–Crippen LogP) is 4.46. The van der Waals surface area contributed by atoms with E-state index < -0.39 is 10.0 Å². The van der Waals surface area contributed by atoms with Crippen LogP contribution in [0.3, 0.4) is 0 Å². The molecule has 0 atom stereocenters. The number of carbonyl (C=O) groups is 1. The third-order valence-corrected chi connectivity index (χ3v) is 6.72. The predicted molar refractivity (Wildman–Crippen MR) is 108 cm³/mol. The van der Waals surface area contributed by atoms with Gasteiger partial charge < -0.3 is 0 Å². The van der Waals surface area contributed by atoms with Gasteiger partial charge in [0.25, 0.3) is 0 Å². The lowest BCUT2D eigenvalue weighted by Crippen LogP contribution is -2.31. The van der Waals surface area contributed by atoms with Gasteiger partial charge in [0.15, 0.2) is 5.78 Å². The molecule has 0 aromatic heterocycles. The number of ketones is 1. The standard InChI is InChI=1S/C22H25NO3S/c1-18-7-6-8-19(17-18)9-14-22(24)20-10-12-21(13-11-20)27(25,26)23-15-4-2-3-5-16-23/h6-14,17H,2-5,15-16H2,1H3. The number of benzene rings is 2. The molecule has 0 saturated carbocycles. The Bertz CT molecular complexity index is 922. The lowest BCUT2D eigenvalue weighted by molar-refractivity contribution is 0.104. The Morgan fingerprint density at radius 1 is 0.963 bits per heavy atom. The molecule has 2 aromatic carbocycles. The fourth-order valence-corrected chi connectivity index (χ4v) is 4.78. The van der Waals surface area contributed by atoms with Crippen molar-refractivity contribution < 1.29 is 13.2 Å². The summed E-state index contributed by atoms with van der Waals surface area (Å²) in [6.07, 6.45) is 7.25. The number of hydrogen-bond donors (Lipinski definition) is 0. The summed E-state index contributed by atoms with van der Waals surface area (Å²) in [5.41, 5.74) is 2.57. The highest BCUT2D eigenvalue weighted by Crippen LogP contribution is 2.21. The first kappa shape index (κ1) is 19.5. The van der Waals surface area contributed by atoms with Gasteiger partial charge in [0, 0.05) is 18.7 Å². The van der Waals surface area contributed by atoms with Gasteiger partial charge in [-0.05, 0) is 55.7 Å². The van der Waals surface area contributed by atoms with E-state index >= 15 is 0 Å². The molecule has 0 bridgehead atoms. The van der Waals surface area contributed by atoms with Crippen LogP contribution in [0.4, 0.5) is 0 Å². The van der Waals surface area contributed by atoms with Crippen molar-refractivity contribution >= 4 is 21.9 Å². The molecule has 1 heterocycles. The van der Waals surface area contributed by atoms with Crippen molar-refractivity contribution in [2.75, 3.05) is 13.1 Å². The summed E-state index contributed by atoms with van der Waals surface area (Å²) in [6.45, 7) is 3.15. The van der Waals surface area contributed by atoms with Crippen LogP contribution in [0.1, 0.15) is 47.2 Å². The molecule has 1 fully saturated rings. The van der Waals surface area contributed by atoms with Crippen molar-refractivity contribution in [3.05, 3.63) is 71.3 Å². The van der Waals surface area contributed by atoms with Crippen LogP contribution in [-0.4, -0.2) is 31.6 Å². The van der Waals surface area contributed by atoms with E-state index in [9.17, 15) is 13.2 Å². The van der Waals surface area contributed by atoms with Crippen LogP contribution >= 0.6 is 0 Å². The molecular formula is C22H25NO3S. The number of hydrogen-bond acceptors (Lipinski definition) is 3. The van der Waals surface area contributed by atoms with Crippen molar-refractivity contribution in [2.45, 2.75) is 37.5 Å². The first-order valence-electron chi connectivity index (χ1n) is 9.36. The molecule has 2 aromatic rings. The van der Waals surface area contributed by atoms with Crippen molar-refractivity contribution in [3.8, 4) is 0 Å². The summed E-state index contributed by atoms with van der Waals surface area (Å²) >= 11 is 0. The number of sulfonamides is 1. The second kappa shape index (κ2) is 8.63. The van der Waals surface area contributed by atoms with Crippen LogP contribution in [0, 0.1) is 6.92 Å². The zero-order valence-electron chi connectivity index (χ0n) is 15.6. The molecule has 5 heteroatoms. The molecule has 0 unspecified atom stereocenters. The Morgan fingerprint density at radius 2 is 1.63 bits per heavy atom. The number of carbonyl (C=O) groups excluding carboxylic acids is 1. The minimum atomic E-state index is -3.48. The van der Waals surface area contributed by atoms with Gasteiger partial charge in [0.2, 0.25) is 10.0 Å². The van der Waals surface area contributed by atoms with Crippen LogP contribution < -0.4 is 0 Å². The van der Waals surface area contributed by atoms with E-state index in [-0.39, 0.29) is 10.7 Å². The largest absolute Gasteiger partial charge is 0.289 e. The lowest BCUT2D eigenvalue weighted by Gasteiger charge is -2.19. The van der Waals surface area contributed by atoms with Gasteiger partial charge in [0.1, 0.15) is 0 Å². The molecule has 0 amide bonds. The summed E-state index contributed by atoms with van der Waals surface area (Å²) in [5.74, 6) is -0.143. The molecule has 1 aliphatic heterocycles. The maximum atomic E-state index is 12.8. The van der Waals surface area contributed by atoms with Crippen LogP contribution in [0.2, 0.25) is 0 Å². The fraction of sp³-hybridized carbons (Fsp3) is 0.318. The van der Waals surface area contributed by atoms with Crippen LogP contribution in [0.5, 0.6) is 0 Å². The van der Waals surface area contributed by atoms with Gasteiger partial charge in [-0.25, -0.2) is 8.42 Å². The van der Waals surface area contributed by atoms with Gasteiger partial charge in [0.05, 0.1) is 4.90 Å². The molecule has 1 saturated heterocycles. The maximum absolute atomic E-state index is 12.8. The number of allylic oxidation sites excluding steroid dienone is 1. The van der Waals surface area contributed by atoms with E-state index in [4.69, 9.17) is 0 Å². The molecule has 0 radical (unpaired) electrons. The number of nitrogens with zero attached hydrogens (tertiary/aromatic N) is 1. The van der Waals surface area contributed by atoms with Crippen molar-refractivity contribution in [1.82, 2.24) is 4.31 Å². The third-order valence-electron chi connectivity index (χ3n) is 4.81. The fourth-order valence-electron chi connectivity index (χ4n) is 3.26. The summed E-state index contributed by atoms with van der Waals surface area (Å²) in [5, 5.41) is 0. The molecule has 142 valence electrons. The summed E-state index contributed by atoms with van der Waals surface area (Å²) in [7, 11) is -3.48. The highest BCUT2D eigenvalue weighted by atomic mass is 32.2. The smallest absolute Gasteiger partial charge is 0.243 e. The molecular weight excluding hydrogens is 358 g/mol. The summed E-state index contributed by atoms with van der Waals surface area (Å²) in [4.78, 5) is 12.6. The number of aryl methyl sites for hydroxylation is 1. The topological polar surface area (TPSA) is 54.5 Å². The zero-order valence-corrected chi connectivity index (χ0v) is 16.4. The SMILES string of the molecule is Cc1cccc(C=CC(=O)c2ccc(S(=O)(=O)N3CCCCCC3)cc2)c1. The van der Waals surface area contributed by atoms with Gasteiger partial charge in [-0.3, -0.25) is 4.79 Å². The van der Waals surface area contributed by atoms with E-state index in [0.29, 0.717) is 18.7 Å². The second-order valence-electron chi connectivity index (χ2n) is 6.95. The van der Waals surface area contributed by atoms with Gasteiger partial charge >= 0.3 is 0 Å². The normalized spacial score (nSPS) is 16.3. The van der Waals surface area contributed by atoms with Crippen LogP contribution in [0.15, 0.2) is 59.5 Å². The lowest BCUT2D eigenvalue weighted by atomic mass is 10.1. The average Bonchev–Trinajstić information content (AvgIpc) is 2.96. The second-order valence-corrected chi connectivity index (χ2v) is 8.89. The minimum Gasteiger partial charge on any atom is -0.289 e. The Kier molecular flexibility index (Phi) is 6.24. The monoisotopic (exact) mass is 383 g/mol. The molecule has 27 heavy (non-hydrogen) atoms. The van der Waals surface area contributed by atoms with Crippen LogP contribution in [0.25, 0.3) is 6.08 Å². The molecule has 1 aliphatic rings. The van der Waals surface area contributed by atoms with Gasteiger partial charge in [-0.15, -0.1) is 0 Å². The van der Waals surface area contributed by atoms with E-state index in [1.54, 1.807) is 22.5 Å². The average molecular weight is 384 g/mol. The van der Waals surface area contributed by atoms with E-state index in [2.05, 4.69) is 0 Å². The van der Waals surface area contributed by atoms with E-state index in [1.807, 2.05) is 31.2 Å². The van der Waals surface area contributed by atoms with Crippen LogP contribution in [-0.2, 0) is 10.0 Å². The van der Waals surface area contributed by atoms with E-state index in [0.717, 1.165) is 36.8 Å².